The Bertz CT molecular complexity index is 1030. The van der Waals surface area contributed by atoms with Gasteiger partial charge in [-0.05, 0) is 42.7 Å². The minimum absolute atomic E-state index is 0.0178. The number of amides is 1. The Morgan fingerprint density at radius 2 is 1.97 bits per heavy atom. The molecule has 0 aliphatic carbocycles. The van der Waals surface area contributed by atoms with Gasteiger partial charge in [-0.3, -0.25) is 4.79 Å². The Morgan fingerprint density at radius 1 is 1.17 bits per heavy atom. The Kier molecular flexibility index (Phi) is 5.67. The molecule has 0 unspecified atom stereocenters. The number of carbonyl (C=O) groups excluding carboxylic acids is 1. The van der Waals surface area contributed by atoms with Crippen LogP contribution in [0, 0.1) is 5.92 Å². The lowest BCUT2D eigenvalue weighted by Gasteiger charge is -2.15. The van der Waals surface area contributed by atoms with Gasteiger partial charge in [-0.1, -0.05) is 43.8 Å². The molecule has 0 saturated heterocycles. The van der Waals surface area contributed by atoms with Crippen LogP contribution in [0.3, 0.4) is 0 Å². The predicted molar refractivity (Wildman–Crippen MR) is 114 cm³/mol. The van der Waals surface area contributed by atoms with Gasteiger partial charge in [0.1, 0.15) is 0 Å². The summed E-state index contributed by atoms with van der Waals surface area (Å²) >= 11 is 1.50. The number of aromatic nitrogens is 2. The molecule has 2 heterocycles. The summed E-state index contributed by atoms with van der Waals surface area (Å²) in [5.41, 5.74) is 3.05. The van der Waals surface area contributed by atoms with E-state index < -0.39 is 0 Å². The van der Waals surface area contributed by atoms with Gasteiger partial charge < -0.3 is 19.4 Å². The van der Waals surface area contributed by atoms with Crippen molar-refractivity contribution in [3.63, 3.8) is 0 Å². The number of fused-ring (bicyclic) bond motifs is 2. The normalized spacial score (nSPS) is 13.8. The number of rotatable bonds is 7. The van der Waals surface area contributed by atoms with E-state index in [2.05, 4.69) is 29.8 Å². The van der Waals surface area contributed by atoms with Gasteiger partial charge in [0.15, 0.2) is 16.7 Å². The minimum atomic E-state index is -0.258. The molecule has 1 N–H and O–H groups in total. The first-order chi connectivity index (χ1) is 14.0. The summed E-state index contributed by atoms with van der Waals surface area (Å²) in [5, 5.41) is 3.63. The molecule has 1 atom stereocenters. The van der Waals surface area contributed by atoms with Crippen molar-refractivity contribution in [1.82, 2.24) is 14.9 Å². The molecule has 6 nitrogen and oxygen atoms in total. The first kappa shape index (κ1) is 19.6. The van der Waals surface area contributed by atoms with Gasteiger partial charge in [-0.15, -0.1) is 0 Å². The summed E-state index contributed by atoms with van der Waals surface area (Å²) in [6, 6.07) is 13.8. The minimum Gasteiger partial charge on any atom is -0.454 e. The summed E-state index contributed by atoms with van der Waals surface area (Å²) in [7, 11) is 0. The van der Waals surface area contributed by atoms with E-state index in [1.807, 2.05) is 43.3 Å². The van der Waals surface area contributed by atoms with Crippen LogP contribution in [0.25, 0.3) is 11.0 Å². The average molecular weight is 412 g/mol. The van der Waals surface area contributed by atoms with Crippen molar-refractivity contribution in [3.05, 3.63) is 48.0 Å². The third-order valence-electron chi connectivity index (χ3n) is 4.72. The average Bonchev–Trinajstić information content (AvgIpc) is 3.30. The van der Waals surface area contributed by atoms with Gasteiger partial charge in [0.2, 0.25) is 12.7 Å². The summed E-state index contributed by atoms with van der Waals surface area (Å²) in [5.74, 6) is 1.94. The summed E-state index contributed by atoms with van der Waals surface area (Å²) in [6.45, 7) is 7.85. The van der Waals surface area contributed by atoms with E-state index in [1.165, 1.54) is 11.8 Å². The molecule has 7 heteroatoms. The van der Waals surface area contributed by atoms with Crippen molar-refractivity contribution in [2.24, 2.45) is 5.92 Å². The van der Waals surface area contributed by atoms with Gasteiger partial charge >= 0.3 is 0 Å². The monoisotopic (exact) mass is 411 g/mol. The van der Waals surface area contributed by atoms with E-state index >= 15 is 0 Å². The van der Waals surface area contributed by atoms with Crippen molar-refractivity contribution in [1.29, 1.82) is 0 Å². The quantitative estimate of drug-likeness (QED) is 0.590. The number of imidazole rings is 1. The molecule has 0 spiro atoms. The Morgan fingerprint density at radius 3 is 2.79 bits per heavy atom. The number of para-hydroxylation sites is 2. The zero-order valence-electron chi connectivity index (χ0n) is 16.8. The van der Waals surface area contributed by atoms with E-state index in [1.54, 1.807) is 0 Å². The van der Waals surface area contributed by atoms with E-state index in [4.69, 9.17) is 14.5 Å². The maximum atomic E-state index is 12.7. The van der Waals surface area contributed by atoms with Crippen LogP contribution < -0.4 is 14.8 Å². The fourth-order valence-electron chi connectivity index (χ4n) is 3.28. The SMILES string of the molecule is CC(C)Cn1c(S[C@H](C)C(=O)NCc2ccc3c(c2)OCO3)nc2ccccc21. The van der Waals surface area contributed by atoms with Crippen LogP contribution in [0.5, 0.6) is 11.5 Å². The van der Waals surface area contributed by atoms with E-state index in [9.17, 15) is 4.79 Å². The topological polar surface area (TPSA) is 65.4 Å². The second-order valence-electron chi connectivity index (χ2n) is 7.55. The molecule has 0 radical (unpaired) electrons. The predicted octanol–water partition coefficient (Wildman–Crippen LogP) is 4.22. The first-order valence-corrected chi connectivity index (χ1v) is 10.7. The van der Waals surface area contributed by atoms with Crippen LogP contribution in [0.1, 0.15) is 26.3 Å². The van der Waals surface area contributed by atoms with Crippen LogP contribution in [0.15, 0.2) is 47.6 Å². The summed E-state index contributed by atoms with van der Waals surface area (Å²) in [6.07, 6.45) is 0. The Labute approximate surface area is 174 Å². The highest BCUT2D eigenvalue weighted by Crippen LogP contribution is 2.32. The fraction of sp³-hybridized carbons (Fsp3) is 0.364. The Balaban J connectivity index is 1.43. The highest BCUT2D eigenvalue weighted by atomic mass is 32.2. The first-order valence-electron chi connectivity index (χ1n) is 9.79. The highest BCUT2D eigenvalue weighted by Gasteiger charge is 2.20. The van der Waals surface area contributed by atoms with E-state index in [0.29, 0.717) is 12.5 Å². The molecule has 1 aliphatic rings. The van der Waals surface area contributed by atoms with Crippen molar-refractivity contribution in [2.75, 3.05) is 6.79 Å². The lowest BCUT2D eigenvalue weighted by atomic mass is 10.2. The molecule has 0 fully saturated rings. The number of nitrogens with zero attached hydrogens (tertiary/aromatic N) is 2. The number of benzene rings is 2. The van der Waals surface area contributed by atoms with Gasteiger partial charge in [0.25, 0.3) is 0 Å². The van der Waals surface area contributed by atoms with E-state index in [-0.39, 0.29) is 18.0 Å². The fourth-order valence-corrected chi connectivity index (χ4v) is 4.24. The molecule has 1 aromatic heterocycles. The lowest BCUT2D eigenvalue weighted by molar-refractivity contribution is -0.120. The molecule has 0 saturated carbocycles. The van der Waals surface area contributed by atoms with Crippen LogP contribution in [-0.2, 0) is 17.9 Å². The Hall–Kier alpha value is -2.67. The largest absolute Gasteiger partial charge is 0.454 e. The van der Waals surface area contributed by atoms with Crippen molar-refractivity contribution in [2.45, 2.75) is 44.3 Å². The molecule has 1 aliphatic heterocycles. The molecule has 29 heavy (non-hydrogen) atoms. The molecular formula is C22H25N3O3S. The smallest absolute Gasteiger partial charge is 0.233 e. The highest BCUT2D eigenvalue weighted by molar-refractivity contribution is 8.00. The number of hydrogen-bond acceptors (Lipinski definition) is 5. The van der Waals surface area contributed by atoms with Crippen LogP contribution in [-0.4, -0.2) is 27.5 Å². The third kappa shape index (κ3) is 4.34. The summed E-state index contributed by atoms with van der Waals surface area (Å²) in [4.78, 5) is 17.4. The molecule has 152 valence electrons. The maximum absolute atomic E-state index is 12.7. The van der Waals surface area contributed by atoms with Gasteiger partial charge in [0.05, 0.1) is 16.3 Å². The van der Waals surface area contributed by atoms with Crippen LogP contribution >= 0.6 is 11.8 Å². The number of ether oxygens (including phenoxy) is 2. The maximum Gasteiger partial charge on any atom is 0.233 e. The lowest BCUT2D eigenvalue weighted by Crippen LogP contribution is -2.30. The number of carbonyl (C=O) groups is 1. The standard InChI is InChI=1S/C22H25N3O3S/c1-14(2)12-25-18-7-5-4-6-17(18)24-22(25)29-15(3)21(26)23-11-16-8-9-19-20(10-16)28-13-27-19/h4-10,14-15H,11-13H2,1-3H3,(H,23,26)/t15-/m1/s1. The molecule has 1 amide bonds. The van der Waals surface area contributed by atoms with Crippen LogP contribution in [0.2, 0.25) is 0 Å². The second-order valence-corrected chi connectivity index (χ2v) is 8.86. The van der Waals surface area contributed by atoms with Gasteiger partial charge in [-0.2, -0.15) is 0 Å². The molecule has 0 bridgehead atoms. The molecule has 3 aromatic rings. The number of thioether (sulfide) groups is 1. The van der Waals surface area contributed by atoms with Crippen molar-refractivity contribution < 1.29 is 14.3 Å². The van der Waals surface area contributed by atoms with Gasteiger partial charge in [0, 0.05) is 13.1 Å². The second kappa shape index (κ2) is 8.37. The summed E-state index contributed by atoms with van der Waals surface area (Å²) < 4.78 is 12.9. The molecule has 4 rings (SSSR count). The van der Waals surface area contributed by atoms with Gasteiger partial charge in [-0.25, -0.2) is 4.98 Å². The zero-order valence-corrected chi connectivity index (χ0v) is 17.7. The number of hydrogen-bond donors (Lipinski definition) is 1. The molecule has 2 aromatic carbocycles. The van der Waals surface area contributed by atoms with Crippen molar-refractivity contribution in [3.8, 4) is 11.5 Å². The third-order valence-corrected chi connectivity index (χ3v) is 5.81. The molecular weight excluding hydrogens is 386 g/mol. The van der Waals surface area contributed by atoms with Crippen LogP contribution in [0.4, 0.5) is 0 Å². The van der Waals surface area contributed by atoms with Crippen molar-refractivity contribution >= 4 is 28.7 Å². The zero-order chi connectivity index (χ0) is 20.4. The number of nitrogens with one attached hydrogen (secondary N) is 1. The van der Waals surface area contributed by atoms with E-state index in [0.717, 1.165) is 39.8 Å².